The van der Waals surface area contributed by atoms with Crippen molar-refractivity contribution in [2.45, 2.75) is 0 Å². The second-order valence-corrected chi connectivity index (χ2v) is 12.0. The Morgan fingerprint density at radius 2 is 1.16 bits per heavy atom. The molecule has 5 nitrogen and oxygen atoms in total. The van der Waals surface area contributed by atoms with E-state index in [-0.39, 0.29) is 0 Å². The van der Waals surface area contributed by atoms with Gasteiger partial charge in [0.25, 0.3) is 0 Å². The van der Waals surface area contributed by atoms with E-state index in [1.54, 1.807) is 0 Å². The lowest BCUT2D eigenvalue weighted by Crippen LogP contribution is -2.23. The number of fused-ring (bicyclic) bond motifs is 6. The molecule has 1 aliphatic heterocycles. The molecular weight excluding hydrogens is 559 g/mol. The van der Waals surface area contributed by atoms with Crippen molar-refractivity contribution in [3.05, 3.63) is 139 Å². The Morgan fingerprint density at radius 3 is 1.86 bits per heavy atom. The number of thiophene rings is 1. The van der Waals surface area contributed by atoms with Crippen LogP contribution in [0.1, 0.15) is 5.82 Å². The van der Waals surface area contributed by atoms with Crippen LogP contribution in [0, 0.1) is 0 Å². The summed E-state index contributed by atoms with van der Waals surface area (Å²) in [6.07, 6.45) is 4.29. The smallest absolute Gasteiger partial charge is 0.164 e. The van der Waals surface area contributed by atoms with Crippen molar-refractivity contribution in [1.29, 1.82) is 0 Å². The second-order valence-electron chi connectivity index (χ2n) is 11.0. The van der Waals surface area contributed by atoms with Crippen LogP contribution < -0.4 is 5.32 Å². The third-order valence-corrected chi connectivity index (χ3v) is 9.43. The first kappa shape index (κ1) is 25.0. The highest BCUT2D eigenvalue weighted by Crippen LogP contribution is 2.40. The van der Waals surface area contributed by atoms with E-state index in [4.69, 9.17) is 15.0 Å². The van der Waals surface area contributed by atoms with Gasteiger partial charge < -0.3 is 5.32 Å². The van der Waals surface area contributed by atoms with E-state index in [2.05, 4.69) is 82.7 Å². The van der Waals surface area contributed by atoms with Gasteiger partial charge in [0.15, 0.2) is 17.5 Å². The van der Waals surface area contributed by atoms with Crippen LogP contribution in [-0.2, 0) is 0 Å². The first-order valence-electron chi connectivity index (χ1n) is 14.7. The van der Waals surface area contributed by atoms with Crippen molar-refractivity contribution in [1.82, 2.24) is 24.8 Å². The summed E-state index contributed by atoms with van der Waals surface area (Å²) in [6.45, 7) is 0.595. The number of nitrogens with zero attached hydrogens (tertiary/aromatic N) is 4. The van der Waals surface area contributed by atoms with Crippen LogP contribution in [0.15, 0.2) is 133 Å². The molecule has 1 aliphatic rings. The van der Waals surface area contributed by atoms with Gasteiger partial charge >= 0.3 is 0 Å². The fraction of sp³-hybridized carbons (Fsp3) is 0.0263. The van der Waals surface area contributed by atoms with Crippen molar-refractivity contribution in [2.24, 2.45) is 0 Å². The molecule has 0 atom stereocenters. The third-order valence-electron chi connectivity index (χ3n) is 8.30. The van der Waals surface area contributed by atoms with Crippen LogP contribution in [-0.4, -0.2) is 26.1 Å². The highest BCUT2D eigenvalue weighted by molar-refractivity contribution is 7.25. The Morgan fingerprint density at radius 1 is 0.523 bits per heavy atom. The average molecular weight is 584 g/mol. The molecule has 0 bridgehead atoms. The zero-order valence-electron chi connectivity index (χ0n) is 23.6. The first-order valence-corrected chi connectivity index (χ1v) is 15.5. The lowest BCUT2D eigenvalue weighted by molar-refractivity contribution is 0.914. The van der Waals surface area contributed by atoms with Gasteiger partial charge in [-0.15, -0.1) is 11.3 Å². The Kier molecular flexibility index (Phi) is 5.67. The van der Waals surface area contributed by atoms with Crippen LogP contribution in [0.4, 0.5) is 0 Å². The van der Waals surface area contributed by atoms with E-state index >= 15 is 0 Å². The summed E-state index contributed by atoms with van der Waals surface area (Å²) in [5, 5.41) is 8.84. The molecule has 0 saturated heterocycles. The van der Waals surface area contributed by atoms with Gasteiger partial charge in [-0.05, 0) is 36.4 Å². The Labute approximate surface area is 257 Å². The normalized spacial score (nSPS) is 13.4. The molecular formula is C38H25N5S. The Balaban J connectivity index is 1.19. The van der Waals surface area contributed by atoms with Crippen LogP contribution in [0.5, 0.6) is 0 Å². The minimum Gasteiger partial charge on any atom is -0.367 e. The van der Waals surface area contributed by atoms with Crippen molar-refractivity contribution < 1.29 is 0 Å². The molecule has 6 heteroatoms. The van der Waals surface area contributed by atoms with Gasteiger partial charge in [-0.25, -0.2) is 15.0 Å². The van der Waals surface area contributed by atoms with Gasteiger partial charge in [0.05, 0.1) is 11.0 Å². The summed E-state index contributed by atoms with van der Waals surface area (Å²) in [6, 6.07) is 42.3. The fourth-order valence-corrected chi connectivity index (χ4v) is 7.31. The van der Waals surface area contributed by atoms with Gasteiger partial charge in [0.2, 0.25) is 0 Å². The number of hydrogen-bond donors (Lipinski definition) is 1. The molecule has 0 unspecified atom stereocenters. The minimum absolute atomic E-state index is 0.595. The van der Waals surface area contributed by atoms with Crippen LogP contribution in [0.3, 0.4) is 0 Å². The molecule has 8 aromatic rings. The van der Waals surface area contributed by atoms with Crippen LogP contribution in [0.2, 0.25) is 0 Å². The molecule has 44 heavy (non-hydrogen) atoms. The summed E-state index contributed by atoms with van der Waals surface area (Å²) in [5.74, 6) is 3.04. The van der Waals surface area contributed by atoms with E-state index in [0.717, 1.165) is 22.5 Å². The molecule has 4 heterocycles. The average Bonchev–Trinajstić information content (AvgIpc) is 3.62. The number of para-hydroxylation sites is 1. The van der Waals surface area contributed by atoms with E-state index in [0.29, 0.717) is 24.0 Å². The molecule has 3 aromatic heterocycles. The highest BCUT2D eigenvalue weighted by Gasteiger charge is 2.20. The molecule has 0 radical (unpaired) electrons. The molecule has 0 fully saturated rings. The molecule has 0 saturated carbocycles. The van der Waals surface area contributed by atoms with E-state index in [1.807, 2.05) is 72.0 Å². The fourth-order valence-electron chi connectivity index (χ4n) is 6.19. The van der Waals surface area contributed by atoms with Gasteiger partial charge in [0, 0.05) is 54.2 Å². The summed E-state index contributed by atoms with van der Waals surface area (Å²) in [7, 11) is 0. The molecule has 9 rings (SSSR count). The lowest BCUT2D eigenvalue weighted by Gasteiger charge is -2.20. The van der Waals surface area contributed by atoms with E-state index in [1.165, 1.54) is 42.0 Å². The quantitative estimate of drug-likeness (QED) is 0.224. The Hall–Kier alpha value is -5.59. The number of nitrogens with one attached hydrogen (secondary N) is 1. The number of rotatable bonds is 4. The SMILES string of the molecule is C1=C(c2nc(-c3ccccc3)nc(-c3ccccc3)n2)CNC(n2c3ccccc3c3cc4c(cc32)sc2ccccc24)=C1. The first-order chi connectivity index (χ1) is 21.8. The number of aromatic nitrogens is 4. The Bertz CT molecular complexity index is 2380. The van der Waals surface area contributed by atoms with Gasteiger partial charge in [-0.2, -0.15) is 0 Å². The monoisotopic (exact) mass is 583 g/mol. The largest absolute Gasteiger partial charge is 0.367 e. The highest BCUT2D eigenvalue weighted by atomic mass is 32.1. The topological polar surface area (TPSA) is 55.6 Å². The van der Waals surface area contributed by atoms with Crippen molar-refractivity contribution in [3.63, 3.8) is 0 Å². The number of hydrogen-bond acceptors (Lipinski definition) is 5. The number of benzene rings is 5. The maximum Gasteiger partial charge on any atom is 0.164 e. The predicted octanol–water partition coefficient (Wildman–Crippen LogP) is 9.17. The summed E-state index contributed by atoms with van der Waals surface area (Å²) >= 11 is 1.85. The molecule has 0 amide bonds. The minimum atomic E-state index is 0.595. The van der Waals surface area contributed by atoms with Crippen molar-refractivity contribution in [2.75, 3.05) is 6.54 Å². The third kappa shape index (κ3) is 4.03. The van der Waals surface area contributed by atoms with Gasteiger partial charge in [-0.3, -0.25) is 4.57 Å². The van der Waals surface area contributed by atoms with Crippen LogP contribution in [0.25, 0.3) is 76.1 Å². The lowest BCUT2D eigenvalue weighted by atomic mass is 10.1. The summed E-state index contributed by atoms with van der Waals surface area (Å²) in [4.78, 5) is 14.7. The maximum atomic E-state index is 4.93. The standard InChI is InChI=1S/C38H25N5S/c1-3-11-24(12-4-1)36-40-37(25-13-5-2-6-14-25)42-38(41-36)26-19-20-35(39-23-26)43-31-17-9-7-15-27(31)29-21-30-28-16-8-10-18-33(28)44-34(30)22-32(29)43/h1-22,39H,23H2. The molecule has 5 aromatic carbocycles. The number of dihydropyridines is 1. The number of allylic oxidation sites excluding steroid dienone is 2. The predicted molar refractivity (Wildman–Crippen MR) is 183 cm³/mol. The molecule has 208 valence electrons. The van der Waals surface area contributed by atoms with Crippen molar-refractivity contribution in [3.8, 4) is 22.8 Å². The maximum absolute atomic E-state index is 4.93. The molecule has 0 aliphatic carbocycles. The molecule has 0 spiro atoms. The zero-order chi connectivity index (χ0) is 29.0. The van der Waals surface area contributed by atoms with Gasteiger partial charge in [0.1, 0.15) is 5.82 Å². The van der Waals surface area contributed by atoms with Crippen molar-refractivity contribution >= 4 is 64.7 Å². The second kappa shape index (κ2) is 10.0. The zero-order valence-corrected chi connectivity index (χ0v) is 24.4. The van der Waals surface area contributed by atoms with Crippen LogP contribution >= 0.6 is 11.3 Å². The van der Waals surface area contributed by atoms with E-state index in [9.17, 15) is 0 Å². The summed E-state index contributed by atoms with van der Waals surface area (Å²) < 4.78 is 4.96. The molecule has 1 N–H and O–H groups in total. The van der Waals surface area contributed by atoms with E-state index < -0.39 is 0 Å². The van der Waals surface area contributed by atoms with Gasteiger partial charge in [-0.1, -0.05) is 97.1 Å². The summed E-state index contributed by atoms with van der Waals surface area (Å²) in [5.41, 5.74) is 5.31.